The molecule has 0 radical (unpaired) electrons. The maximum absolute atomic E-state index is 6.44. The van der Waals surface area contributed by atoms with Crippen LogP contribution in [0.1, 0.15) is 83.1 Å². The Kier molecular flexibility index (Phi) is 14.4. The van der Waals surface area contributed by atoms with Crippen LogP contribution < -0.4 is 5.46 Å². The van der Waals surface area contributed by atoms with Crippen LogP contribution in [0.2, 0.25) is 0 Å². The van der Waals surface area contributed by atoms with E-state index in [0.29, 0.717) is 0 Å². The molecule has 0 amide bonds. The Morgan fingerprint density at radius 1 is 0.293 bits per heavy atom. The Morgan fingerprint density at radius 2 is 0.663 bits per heavy atom. The molecule has 0 aliphatic carbocycles. The molecular weight excluding hydrogens is 1200 g/mol. The molecule has 7 heterocycles. The smallest absolute Gasteiger partial charge is 0.405 e. The highest BCUT2D eigenvalue weighted by atomic mass is 79.9. The summed E-state index contributed by atoms with van der Waals surface area (Å²) in [4.78, 5) is 0. The first-order valence-electron chi connectivity index (χ1n) is 31.9. The predicted molar refractivity (Wildman–Crippen MR) is 386 cm³/mol. The standard InChI is InChI=1S/C36H31BN2O2.C30H19BrN2.C12H24B2O4/c1-35(2)36(3,4)41-37(40-35)26-15-18-33-31(23-26)29-17-19-32-30(20-21-38(32)27-12-6-5-7-13-27)34(29)39(33)28-16-14-24-10-8-9-11-25(24)22-28;31-22-11-14-29-27(19-22)25-13-15-28-26(16-17-32(28)23-8-2-1-3-9-23)30(25)33(29)24-12-10-20-6-4-5-7-21(20)18-24;1-9(2)10(3,4)16-13(15-9)14-17-11(5,6)12(7,8)18-14/h5-23H,1-4H3;1-19H;1-8H3. The fraction of sp³-hybridized carbons (Fsp3) is 0.231. The molecule has 14 heteroatoms. The van der Waals surface area contributed by atoms with Gasteiger partial charge in [-0.2, -0.15) is 0 Å². The van der Waals surface area contributed by atoms with Crippen molar-refractivity contribution in [2.45, 2.75) is 117 Å². The molecule has 0 saturated carbocycles. The average Bonchev–Trinajstić information content (AvgIpc) is 1.57. The summed E-state index contributed by atoms with van der Waals surface area (Å²) in [7, 11) is -1.36. The van der Waals surface area contributed by atoms with Crippen LogP contribution in [0.25, 0.3) is 110 Å². The lowest BCUT2D eigenvalue weighted by Gasteiger charge is -2.32. The quantitative estimate of drug-likeness (QED) is 0.154. The van der Waals surface area contributed by atoms with Crippen molar-refractivity contribution in [3.8, 4) is 22.7 Å². The van der Waals surface area contributed by atoms with Crippen molar-refractivity contribution < 1.29 is 27.9 Å². The molecule has 17 rings (SSSR count). The molecule has 3 aliphatic heterocycles. The first-order valence-corrected chi connectivity index (χ1v) is 32.7. The number of fused-ring (bicyclic) bond motifs is 12. The van der Waals surface area contributed by atoms with Crippen molar-refractivity contribution in [2.24, 2.45) is 0 Å². The number of hydrogen-bond donors (Lipinski definition) is 0. The molecule has 458 valence electrons. The number of aromatic nitrogens is 4. The third-order valence-electron chi connectivity index (χ3n) is 20.5. The molecule has 10 nitrogen and oxygen atoms in total. The van der Waals surface area contributed by atoms with Gasteiger partial charge in [-0.05, 0) is 207 Å². The highest BCUT2D eigenvalue weighted by molar-refractivity contribution is 9.10. The molecule has 0 unspecified atom stereocenters. The van der Waals surface area contributed by atoms with Crippen LogP contribution in [-0.2, 0) is 27.9 Å². The molecule has 10 aromatic carbocycles. The van der Waals surface area contributed by atoms with Gasteiger partial charge in [0.15, 0.2) is 0 Å². The van der Waals surface area contributed by atoms with Crippen molar-refractivity contribution in [3.63, 3.8) is 0 Å². The normalized spacial score (nSPS) is 17.8. The SMILES string of the molecule is Brc1ccc2c(c1)c1ccc3c(ccn3-c3ccccc3)c1n2-c1ccc2ccccc2c1.CC1(C)OB(B2OC(C)(C)C(C)(C)O2)OC1(C)C.CC1(C)OB(c2ccc3c(c2)c2ccc4c(ccn4-c4ccccc4)c2n3-c2ccc3ccccc3c2)OC1(C)C. The van der Waals surface area contributed by atoms with E-state index in [1.54, 1.807) is 0 Å². The Hall–Kier alpha value is -8.17. The van der Waals surface area contributed by atoms with Crippen molar-refractivity contribution in [1.29, 1.82) is 0 Å². The second-order valence-electron chi connectivity index (χ2n) is 27.8. The van der Waals surface area contributed by atoms with Crippen molar-refractivity contribution in [3.05, 3.63) is 235 Å². The molecule has 92 heavy (non-hydrogen) atoms. The molecule has 14 aromatic rings. The summed E-state index contributed by atoms with van der Waals surface area (Å²) >= 11 is 3.69. The van der Waals surface area contributed by atoms with Crippen LogP contribution in [0.3, 0.4) is 0 Å². The molecule has 0 bridgehead atoms. The number of rotatable bonds is 6. The largest absolute Gasteiger partial charge is 0.494 e. The van der Waals surface area contributed by atoms with Gasteiger partial charge in [-0.1, -0.05) is 137 Å². The zero-order chi connectivity index (χ0) is 63.9. The van der Waals surface area contributed by atoms with Crippen LogP contribution in [0.5, 0.6) is 0 Å². The summed E-state index contributed by atoms with van der Waals surface area (Å²) in [6.07, 6.45) is 4.36. The molecule has 3 aliphatic rings. The predicted octanol–water partition coefficient (Wildman–Crippen LogP) is 19.1. The van der Waals surface area contributed by atoms with Gasteiger partial charge in [0.1, 0.15) is 0 Å². The second kappa shape index (κ2) is 22.0. The lowest BCUT2D eigenvalue weighted by Crippen LogP contribution is -2.41. The number of benzene rings is 10. The Labute approximate surface area is 547 Å². The monoisotopic (exact) mass is 1270 g/mol. The molecule has 4 aromatic heterocycles. The number of nitrogens with zero attached hydrogens (tertiary/aromatic N) is 4. The summed E-state index contributed by atoms with van der Waals surface area (Å²) in [5.41, 5.74) is 10.7. The Bertz CT molecular complexity index is 5120. The van der Waals surface area contributed by atoms with E-state index in [1.807, 2.05) is 55.4 Å². The van der Waals surface area contributed by atoms with Crippen LogP contribution in [0.15, 0.2) is 235 Å². The Balaban J connectivity index is 0.000000123. The minimum atomic E-state index is -0.476. The zero-order valence-electron chi connectivity index (χ0n) is 54.3. The van der Waals surface area contributed by atoms with Crippen molar-refractivity contribution in [2.75, 3.05) is 0 Å². The lowest BCUT2D eigenvalue weighted by molar-refractivity contribution is 0.00578. The van der Waals surface area contributed by atoms with Crippen LogP contribution in [0.4, 0.5) is 0 Å². The van der Waals surface area contributed by atoms with Crippen LogP contribution >= 0.6 is 15.9 Å². The number of halogens is 1. The zero-order valence-corrected chi connectivity index (χ0v) is 55.9. The van der Waals surface area contributed by atoms with Gasteiger partial charge in [-0.15, -0.1) is 0 Å². The summed E-state index contributed by atoms with van der Waals surface area (Å²) in [6, 6.07) is 78.4. The van der Waals surface area contributed by atoms with Gasteiger partial charge in [-0.3, -0.25) is 0 Å². The van der Waals surface area contributed by atoms with Crippen LogP contribution in [-0.4, -0.2) is 73.0 Å². The van der Waals surface area contributed by atoms with Crippen molar-refractivity contribution in [1.82, 2.24) is 18.3 Å². The van der Waals surface area contributed by atoms with Crippen molar-refractivity contribution >= 4 is 129 Å². The summed E-state index contributed by atoms with van der Waals surface area (Å²) in [5, 5.41) is 12.3. The highest BCUT2D eigenvalue weighted by Crippen LogP contribution is 2.45. The fourth-order valence-electron chi connectivity index (χ4n) is 13.4. The van der Waals surface area contributed by atoms with E-state index in [0.717, 1.165) is 26.8 Å². The van der Waals surface area contributed by atoms with Crippen LogP contribution in [0, 0.1) is 0 Å². The lowest BCUT2D eigenvalue weighted by atomic mass is 9.49. The summed E-state index contributed by atoms with van der Waals surface area (Å²) < 4.78 is 47.2. The van der Waals surface area contributed by atoms with E-state index >= 15 is 0 Å². The number of para-hydroxylation sites is 2. The molecule has 0 N–H and O–H groups in total. The van der Waals surface area contributed by atoms with Gasteiger partial charge < -0.3 is 46.2 Å². The molecule has 0 spiro atoms. The van der Waals surface area contributed by atoms with E-state index < -0.39 is 32.3 Å². The summed E-state index contributed by atoms with van der Waals surface area (Å²) in [6.45, 7) is 24.6. The molecule has 0 atom stereocenters. The fourth-order valence-corrected chi connectivity index (χ4v) is 13.7. The van der Waals surface area contributed by atoms with E-state index in [9.17, 15) is 0 Å². The topological polar surface area (TPSA) is 75.1 Å². The van der Waals surface area contributed by atoms with Gasteiger partial charge in [0.05, 0.1) is 66.7 Å². The van der Waals surface area contributed by atoms with Gasteiger partial charge in [-0.25, -0.2) is 0 Å². The average molecular weight is 1280 g/mol. The minimum Gasteiger partial charge on any atom is -0.405 e. The second-order valence-corrected chi connectivity index (χ2v) is 28.8. The maximum atomic E-state index is 6.44. The third-order valence-corrected chi connectivity index (χ3v) is 21.0. The van der Waals surface area contributed by atoms with Gasteiger partial charge in [0.25, 0.3) is 0 Å². The summed E-state index contributed by atoms with van der Waals surface area (Å²) in [5.74, 6) is 0. The molecule has 3 fully saturated rings. The number of hydrogen-bond acceptors (Lipinski definition) is 6. The molecule has 3 saturated heterocycles. The minimum absolute atomic E-state index is 0.360. The Morgan fingerprint density at radius 3 is 1.10 bits per heavy atom. The first kappa shape index (κ1) is 60.1. The van der Waals surface area contributed by atoms with Gasteiger partial charge in [0.2, 0.25) is 0 Å². The van der Waals surface area contributed by atoms with Gasteiger partial charge >= 0.3 is 21.1 Å². The first-order chi connectivity index (χ1) is 44.0. The highest BCUT2D eigenvalue weighted by Gasteiger charge is 2.64. The molecular formula is C78H74B3BrN4O6. The van der Waals surface area contributed by atoms with E-state index in [-0.39, 0.29) is 22.4 Å². The van der Waals surface area contributed by atoms with E-state index in [1.165, 1.54) is 92.8 Å². The van der Waals surface area contributed by atoms with E-state index in [2.05, 4.69) is 293 Å². The van der Waals surface area contributed by atoms with Gasteiger partial charge in [0, 0.05) is 71.9 Å². The van der Waals surface area contributed by atoms with E-state index in [4.69, 9.17) is 27.9 Å². The third kappa shape index (κ3) is 10.0. The maximum Gasteiger partial charge on any atom is 0.494 e.